The molecule has 4 aliphatic rings. The number of pyridine rings is 1. The van der Waals surface area contributed by atoms with Crippen molar-refractivity contribution in [3.8, 4) is 23.8 Å². The summed E-state index contributed by atoms with van der Waals surface area (Å²) in [6.45, 7) is 13.9. The molecule has 9 rings (SSSR count). The number of anilines is 1. The number of ether oxygens (including phenoxy) is 2. The fourth-order valence-electron chi connectivity index (χ4n) is 12.1. The number of amides is 3. The van der Waals surface area contributed by atoms with Gasteiger partial charge in [-0.3, -0.25) is 23.9 Å². The molecule has 3 amide bonds. The van der Waals surface area contributed by atoms with Crippen molar-refractivity contribution < 1.29 is 41.4 Å². The first-order chi connectivity index (χ1) is 39.9. The Morgan fingerprint density at radius 2 is 1.65 bits per heavy atom. The Bertz CT molecular complexity index is 3550. The van der Waals surface area contributed by atoms with Crippen LogP contribution in [0.5, 0.6) is 11.5 Å². The molecule has 0 bridgehead atoms. The van der Waals surface area contributed by atoms with Crippen LogP contribution in [0.25, 0.3) is 10.9 Å². The van der Waals surface area contributed by atoms with Crippen molar-refractivity contribution in [3.05, 3.63) is 172 Å². The second-order valence-electron chi connectivity index (χ2n) is 23.2. The Morgan fingerprint density at radius 1 is 0.843 bits per heavy atom. The number of benzene rings is 4. The summed E-state index contributed by atoms with van der Waals surface area (Å²) in [6.07, 6.45) is 25.0. The number of carbonyl (C=O) groups excluding carboxylic acids is 3. The first-order valence-electron chi connectivity index (χ1n) is 29.4. The summed E-state index contributed by atoms with van der Waals surface area (Å²) in [7, 11) is -4.04. The molecule has 3 aliphatic heterocycles. The van der Waals surface area contributed by atoms with Gasteiger partial charge >= 0.3 is 0 Å². The number of terminal acetylenes is 1. The molecule has 0 unspecified atom stereocenters. The monoisotopic (exact) mass is 1140 g/mol. The lowest BCUT2D eigenvalue weighted by Gasteiger charge is -2.27. The van der Waals surface area contributed by atoms with Gasteiger partial charge in [0.15, 0.2) is 5.71 Å². The molecule has 434 valence electrons. The number of para-hydroxylation sites is 2. The molecule has 4 aromatic carbocycles. The maximum atomic E-state index is 13.3. The highest BCUT2D eigenvalue weighted by Crippen LogP contribution is 2.48. The number of carbonyl (C=O) groups is 3. The van der Waals surface area contributed by atoms with E-state index in [-0.39, 0.29) is 46.9 Å². The van der Waals surface area contributed by atoms with Crippen LogP contribution < -0.4 is 25.0 Å². The van der Waals surface area contributed by atoms with Gasteiger partial charge in [-0.15, -0.1) is 6.42 Å². The van der Waals surface area contributed by atoms with Gasteiger partial charge in [0, 0.05) is 78.6 Å². The molecule has 1 aromatic heterocycles. The summed E-state index contributed by atoms with van der Waals surface area (Å²) >= 11 is 0. The average molecular weight is 1140 g/mol. The standard InChI is InChI=1S/C68H78N6O8S/c1-7-51-23-19-42-72(51)64(76)47-71-66(77)54-37-39-69-58-33-32-53(46-55(54)58)81-43-20-38-70-63(75)28-12-9-15-40-74-60-34-29-48(2)45-57(60)68(5,6)62(74)36-31-50-22-18-21-49(65(50)82-52-24-10-8-11-25-52)30-35-61-67(3,4)56-26-13-14-27-59(56)73(61)41-16-17-44-83(78,79)80/h1,8,10-11,13-14,24-27,29-37,39,45-46,51H,9,12,15-23,28,38,40-44,47H2,2-6H3,(H2-,70,71,75,77,78,79,80)/p+1/t51-/m0/s1. The molecule has 3 N–H and O–H groups in total. The van der Waals surface area contributed by atoms with Crippen LogP contribution in [-0.4, -0.2) is 102 Å². The third-order valence-electron chi connectivity index (χ3n) is 16.5. The summed E-state index contributed by atoms with van der Waals surface area (Å²) in [6, 6.07) is 31.9. The van der Waals surface area contributed by atoms with Gasteiger partial charge in [0.05, 0.1) is 41.4 Å². The van der Waals surface area contributed by atoms with Crippen LogP contribution in [0.2, 0.25) is 0 Å². The van der Waals surface area contributed by atoms with E-state index in [9.17, 15) is 27.4 Å². The molecule has 4 heterocycles. The van der Waals surface area contributed by atoms with Gasteiger partial charge in [0.2, 0.25) is 17.5 Å². The summed E-state index contributed by atoms with van der Waals surface area (Å²) in [5, 5.41) is 6.43. The molecule has 15 heteroatoms. The van der Waals surface area contributed by atoms with E-state index < -0.39 is 10.1 Å². The van der Waals surface area contributed by atoms with Gasteiger partial charge < -0.3 is 29.9 Å². The van der Waals surface area contributed by atoms with Gasteiger partial charge in [-0.1, -0.05) is 73.9 Å². The predicted molar refractivity (Wildman–Crippen MR) is 329 cm³/mol. The van der Waals surface area contributed by atoms with Crippen molar-refractivity contribution in [1.29, 1.82) is 0 Å². The molecular formula is C68H79N6O8S+. The zero-order valence-electron chi connectivity index (χ0n) is 48.7. The highest BCUT2D eigenvalue weighted by Gasteiger charge is 2.44. The molecule has 83 heavy (non-hydrogen) atoms. The molecule has 1 fully saturated rings. The first kappa shape index (κ1) is 59.8. The SMILES string of the molecule is C#C[C@H]1CCCN1C(=O)CNC(=O)c1ccnc2ccc(OCCCNC(=O)CCCCC[N+]3=C(/C=C/C4=C(Oc5ccccc5)C(=C/C=C5/N(CCCCS(=O)(=O)O)c6ccccc6C5(C)C)/CCC4)C(C)(C)c4cc(C)ccc43)cc12. The molecule has 5 aromatic rings. The van der Waals surface area contributed by atoms with Gasteiger partial charge in [-0.25, -0.2) is 0 Å². The molecule has 0 saturated carbocycles. The van der Waals surface area contributed by atoms with Gasteiger partial charge in [0.1, 0.15) is 23.8 Å². The van der Waals surface area contributed by atoms with E-state index in [1.54, 1.807) is 29.3 Å². The Morgan fingerprint density at radius 3 is 2.46 bits per heavy atom. The summed E-state index contributed by atoms with van der Waals surface area (Å²) in [5.41, 5.74) is 11.0. The molecular weight excluding hydrogens is 1060 g/mol. The minimum absolute atomic E-state index is 0.0100. The molecule has 1 saturated heterocycles. The lowest BCUT2D eigenvalue weighted by atomic mass is 9.80. The maximum Gasteiger partial charge on any atom is 0.264 e. The lowest BCUT2D eigenvalue weighted by molar-refractivity contribution is -0.438. The van der Waals surface area contributed by atoms with Gasteiger partial charge in [0.25, 0.3) is 16.0 Å². The minimum Gasteiger partial charge on any atom is -0.494 e. The molecule has 1 aliphatic carbocycles. The van der Waals surface area contributed by atoms with E-state index in [1.165, 1.54) is 28.1 Å². The number of likely N-dealkylation sites (tertiary alicyclic amines) is 1. The van der Waals surface area contributed by atoms with Crippen LogP contribution in [0.15, 0.2) is 150 Å². The van der Waals surface area contributed by atoms with Crippen LogP contribution in [0.1, 0.15) is 132 Å². The van der Waals surface area contributed by atoms with Gasteiger partial charge in [-0.05, 0) is 162 Å². The summed E-state index contributed by atoms with van der Waals surface area (Å²) < 4.78 is 48.0. The number of allylic oxidation sites excluding steroid dienone is 7. The van der Waals surface area contributed by atoms with E-state index in [1.807, 2.05) is 42.5 Å². The van der Waals surface area contributed by atoms with Crippen LogP contribution in [-0.2, 0) is 30.5 Å². The third kappa shape index (κ3) is 14.3. The van der Waals surface area contributed by atoms with Crippen molar-refractivity contribution in [2.24, 2.45) is 0 Å². The van der Waals surface area contributed by atoms with Crippen molar-refractivity contribution in [2.45, 2.75) is 129 Å². The van der Waals surface area contributed by atoms with Crippen molar-refractivity contribution >= 4 is 55.8 Å². The summed E-state index contributed by atoms with van der Waals surface area (Å²) in [5.74, 6) is 4.03. The largest absolute Gasteiger partial charge is 0.494 e. The number of fused-ring (bicyclic) bond motifs is 3. The number of nitrogens with zero attached hydrogens (tertiary/aromatic N) is 4. The number of hydrogen-bond acceptors (Lipinski definition) is 9. The molecule has 14 nitrogen and oxygen atoms in total. The van der Waals surface area contributed by atoms with Crippen LogP contribution >= 0.6 is 0 Å². The second-order valence-corrected chi connectivity index (χ2v) is 24.7. The minimum atomic E-state index is -4.04. The highest BCUT2D eigenvalue weighted by molar-refractivity contribution is 7.85. The molecule has 1 atom stereocenters. The Hall–Kier alpha value is -7.80. The van der Waals surface area contributed by atoms with E-state index in [0.29, 0.717) is 74.1 Å². The zero-order chi connectivity index (χ0) is 58.7. The fraction of sp³-hybridized carbons (Fsp3) is 0.397. The molecule has 0 radical (unpaired) electrons. The lowest BCUT2D eigenvalue weighted by Crippen LogP contribution is -2.42. The van der Waals surface area contributed by atoms with Crippen LogP contribution in [0, 0.1) is 19.3 Å². The van der Waals surface area contributed by atoms with E-state index >= 15 is 0 Å². The quantitative estimate of drug-likeness (QED) is 0.0234. The Labute approximate surface area is 490 Å². The number of unbranched alkanes of at least 4 members (excludes halogenated alkanes) is 3. The normalized spacial score (nSPS) is 18.3. The Kier molecular flexibility index (Phi) is 19.2. The van der Waals surface area contributed by atoms with Crippen molar-refractivity contribution in [2.75, 3.05) is 50.0 Å². The number of nitrogens with one attached hydrogen (secondary N) is 2. The number of rotatable bonds is 24. The molecule has 0 spiro atoms. The number of aromatic nitrogens is 1. The second kappa shape index (κ2) is 26.6. The number of aryl methyl sites for hydroxylation is 1. The number of hydrogen-bond donors (Lipinski definition) is 3. The highest BCUT2D eigenvalue weighted by atomic mass is 32.2. The first-order valence-corrected chi connectivity index (χ1v) is 31.0. The van der Waals surface area contributed by atoms with Crippen molar-refractivity contribution in [3.63, 3.8) is 0 Å². The average Bonchev–Trinajstić information content (AvgIpc) is 4.18. The maximum absolute atomic E-state index is 13.3. The third-order valence-corrected chi connectivity index (χ3v) is 17.3. The predicted octanol–water partition coefficient (Wildman–Crippen LogP) is 11.8. The van der Waals surface area contributed by atoms with Crippen molar-refractivity contribution in [1.82, 2.24) is 20.5 Å². The fourth-order valence-corrected chi connectivity index (χ4v) is 12.7. The van der Waals surface area contributed by atoms with E-state index in [0.717, 1.165) is 92.0 Å². The Balaban J connectivity index is 0.830. The van der Waals surface area contributed by atoms with E-state index in [4.69, 9.17) is 15.9 Å². The smallest absolute Gasteiger partial charge is 0.264 e. The van der Waals surface area contributed by atoms with Crippen LogP contribution in [0.4, 0.5) is 11.4 Å². The summed E-state index contributed by atoms with van der Waals surface area (Å²) in [4.78, 5) is 47.5. The zero-order valence-corrected chi connectivity index (χ0v) is 49.5. The van der Waals surface area contributed by atoms with E-state index in [2.05, 4.69) is 126 Å². The topological polar surface area (TPSA) is 170 Å². The van der Waals surface area contributed by atoms with Crippen LogP contribution in [0.3, 0.4) is 0 Å². The van der Waals surface area contributed by atoms with Gasteiger partial charge in [-0.2, -0.15) is 13.0 Å².